The lowest BCUT2D eigenvalue weighted by molar-refractivity contribution is 0.0273. The van der Waals surface area contributed by atoms with Gasteiger partial charge in [0.15, 0.2) is 0 Å². The number of nitrogens with one attached hydrogen (secondary N) is 1. The molecule has 0 aliphatic rings. The van der Waals surface area contributed by atoms with E-state index in [2.05, 4.69) is 26.1 Å². The molecule has 0 amide bonds. The largest absolute Gasteiger partial charge is 0.382 e. The first-order valence-electron chi connectivity index (χ1n) is 5.35. The predicted molar refractivity (Wildman–Crippen MR) is 59.6 cm³/mol. The summed E-state index contributed by atoms with van der Waals surface area (Å²) >= 11 is 0. The quantitative estimate of drug-likeness (QED) is 0.651. The van der Waals surface area contributed by atoms with Gasteiger partial charge in [-0.1, -0.05) is 13.8 Å². The van der Waals surface area contributed by atoms with E-state index in [4.69, 9.17) is 9.47 Å². The minimum absolute atomic E-state index is 0.162. The molecular weight excluding hydrogens is 178 g/mol. The third kappa shape index (κ3) is 7.30. The minimum Gasteiger partial charge on any atom is -0.382 e. The van der Waals surface area contributed by atoms with Gasteiger partial charge in [0, 0.05) is 26.8 Å². The molecule has 0 aliphatic heterocycles. The molecule has 0 saturated carbocycles. The van der Waals surface area contributed by atoms with Gasteiger partial charge in [-0.2, -0.15) is 0 Å². The summed E-state index contributed by atoms with van der Waals surface area (Å²) in [6, 6.07) is 0.546. The van der Waals surface area contributed by atoms with Gasteiger partial charge in [-0.15, -0.1) is 0 Å². The Labute approximate surface area is 88.2 Å². The van der Waals surface area contributed by atoms with E-state index in [0.29, 0.717) is 12.6 Å². The van der Waals surface area contributed by atoms with Crippen LogP contribution in [0.15, 0.2) is 0 Å². The van der Waals surface area contributed by atoms with Crippen molar-refractivity contribution in [3.8, 4) is 0 Å². The van der Waals surface area contributed by atoms with Gasteiger partial charge in [0.05, 0.1) is 12.7 Å². The maximum absolute atomic E-state index is 5.26. The Morgan fingerprint density at radius 3 is 2.21 bits per heavy atom. The van der Waals surface area contributed by atoms with Crippen molar-refractivity contribution in [2.75, 3.05) is 27.4 Å². The molecule has 2 atom stereocenters. The molecule has 0 aromatic rings. The van der Waals surface area contributed by atoms with Crippen LogP contribution in [0.5, 0.6) is 0 Å². The molecule has 2 unspecified atom stereocenters. The molecule has 0 spiro atoms. The van der Waals surface area contributed by atoms with E-state index in [-0.39, 0.29) is 6.10 Å². The zero-order valence-corrected chi connectivity index (χ0v) is 10.2. The Hall–Kier alpha value is -0.120. The standard InChI is InChI=1S/C11H25NO2/c1-9(2)6-10(3)12-7-11(14-5)8-13-4/h9-12H,6-8H2,1-5H3. The summed E-state index contributed by atoms with van der Waals surface area (Å²) in [5.41, 5.74) is 0. The summed E-state index contributed by atoms with van der Waals surface area (Å²) in [5, 5.41) is 3.44. The van der Waals surface area contributed by atoms with Crippen LogP contribution in [0.2, 0.25) is 0 Å². The molecule has 0 radical (unpaired) electrons. The summed E-state index contributed by atoms with van der Waals surface area (Å²) in [6.45, 7) is 8.19. The molecule has 3 nitrogen and oxygen atoms in total. The third-order valence-corrected chi connectivity index (χ3v) is 2.20. The summed E-state index contributed by atoms with van der Waals surface area (Å²) < 4.78 is 10.3. The lowest BCUT2D eigenvalue weighted by atomic mass is 10.1. The topological polar surface area (TPSA) is 30.5 Å². The van der Waals surface area contributed by atoms with Crippen LogP contribution in [0.3, 0.4) is 0 Å². The van der Waals surface area contributed by atoms with Gasteiger partial charge >= 0.3 is 0 Å². The zero-order chi connectivity index (χ0) is 11.0. The van der Waals surface area contributed by atoms with Crippen molar-refractivity contribution in [2.45, 2.75) is 39.3 Å². The van der Waals surface area contributed by atoms with Crippen LogP contribution in [0.25, 0.3) is 0 Å². The van der Waals surface area contributed by atoms with Crippen molar-refractivity contribution in [3.63, 3.8) is 0 Å². The van der Waals surface area contributed by atoms with E-state index in [1.54, 1.807) is 14.2 Å². The lowest BCUT2D eigenvalue weighted by Gasteiger charge is -2.20. The van der Waals surface area contributed by atoms with Gasteiger partial charge in [0.25, 0.3) is 0 Å². The van der Waals surface area contributed by atoms with E-state index in [1.807, 2.05) is 0 Å². The van der Waals surface area contributed by atoms with Crippen LogP contribution in [-0.4, -0.2) is 39.5 Å². The number of hydrogen-bond donors (Lipinski definition) is 1. The van der Waals surface area contributed by atoms with Crippen LogP contribution in [0.4, 0.5) is 0 Å². The average Bonchev–Trinajstić information content (AvgIpc) is 2.11. The van der Waals surface area contributed by atoms with Crippen molar-refractivity contribution in [2.24, 2.45) is 5.92 Å². The molecule has 1 N–H and O–H groups in total. The molecule has 0 aliphatic carbocycles. The molecule has 0 saturated heterocycles. The number of rotatable bonds is 8. The van der Waals surface area contributed by atoms with Crippen LogP contribution in [-0.2, 0) is 9.47 Å². The zero-order valence-electron chi connectivity index (χ0n) is 10.2. The van der Waals surface area contributed by atoms with Crippen LogP contribution in [0, 0.1) is 5.92 Å². The van der Waals surface area contributed by atoms with E-state index < -0.39 is 0 Å². The molecular formula is C11H25NO2. The molecule has 0 rings (SSSR count). The Morgan fingerprint density at radius 1 is 1.14 bits per heavy atom. The molecule has 0 bridgehead atoms. The van der Waals surface area contributed by atoms with Gasteiger partial charge in [0.2, 0.25) is 0 Å². The highest BCUT2D eigenvalue weighted by Gasteiger charge is 2.09. The second kappa shape index (κ2) is 8.21. The number of ether oxygens (including phenoxy) is 2. The van der Waals surface area contributed by atoms with Crippen LogP contribution < -0.4 is 5.32 Å². The van der Waals surface area contributed by atoms with Crippen molar-refractivity contribution in [1.82, 2.24) is 5.32 Å². The number of hydrogen-bond acceptors (Lipinski definition) is 3. The fourth-order valence-electron chi connectivity index (χ4n) is 1.52. The maximum Gasteiger partial charge on any atom is 0.0928 e. The van der Waals surface area contributed by atoms with Crippen LogP contribution >= 0.6 is 0 Å². The monoisotopic (exact) mass is 203 g/mol. The van der Waals surface area contributed by atoms with Crippen molar-refractivity contribution < 1.29 is 9.47 Å². The molecule has 86 valence electrons. The van der Waals surface area contributed by atoms with Crippen molar-refractivity contribution in [1.29, 1.82) is 0 Å². The molecule has 14 heavy (non-hydrogen) atoms. The average molecular weight is 203 g/mol. The molecule has 0 fully saturated rings. The smallest absolute Gasteiger partial charge is 0.0928 e. The molecule has 0 aromatic carbocycles. The second-order valence-corrected chi connectivity index (χ2v) is 4.25. The van der Waals surface area contributed by atoms with E-state index in [0.717, 1.165) is 12.5 Å². The Kier molecular flexibility index (Phi) is 8.14. The summed E-state index contributed by atoms with van der Waals surface area (Å²) in [5.74, 6) is 0.737. The Balaban J connectivity index is 3.56. The van der Waals surface area contributed by atoms with Gasteiger partial charge in [-0.3, -0.25) is 0 Å². The second-order valence-electron chi connectivity index (χ2n) is 4.25. The Morgan fingerprint density at radius 2 is 1.79 bits per heavy atom. The van der Waals surface area contributed by atoms with Gasteiger partial charge in [-0.05, 0) is 19.3 Å². The van der Waals surface area contributed by atoms with Gasteiger partial charge in [-0.25, -0.2) is 0 Å². The van der Waals surface area contributed by atoms with E-state index in [9.17, 15) is 0 Å². The normalized spacial score (nSPS) is 15.9. The fourth-order valence-corrected chi connectivity index (χ4v) is 1.52. The third-order valence-electron chi connectivity index (χ3n) is 2.20. The Bertz CT molecular complexity index is 128. The van der Waals surface area contributed by atoms with Gasteiger partial charge < -0.3 is 14.8 Å². The van der Waals surface area contributed by atoms with Crippen LogP contribution in [0.1, 0.15) is 27.2 Å². The minimum atomic E-state index is 0.162. The lowest BCUT2D eigenvalue weighted by Crippen LogP contribution is -2.37. The van der Waals surface area contributed by atoms with Crippen molar-refractivity contribution >= 4 is 0 Å². The number of methoxy groups -OCH3 is 2. The molecule has 0 aromatic heterocycles. The first-order valence-corrected chi connectivity index (χ1v) is 5.35. The first-order chi connectivity index (χ1) is 6.60. The SMILES string of the molecule is COCC(CNC(C)CC(C)C)OC. The molecule has 0 heterocycles. The van der Waals surface area contributed by atoms with Crippen molar-refractivity contribution in [3.05, 3.63) is 0 Å². The van der Waals surface area contributed by atoms with E-state index in [1.165, 1.54) is 6.42 Å². The summed E-state index contributed by atoms with van der Waals surface area (Å²) in [6.07, 6.45) is 1.36. The fraction of sp³-hybridized carbons (Fsp3) is 1.00. The summed E-state index contributed by atoms with van der Waals surface area (Å²) in [4.78, 5) is 0. The predicted octanol–water partition coefficient (Wildman–Crippen LogP) is 1.67. The van der Waals surface area contributed by atoms with Gasteiger partial charge in [0.1, 0.15) is 0 Å². The highest BCUT2D eigenvalue weighted by atomic mass is 16.5. The summed E-state index contributed by atoms with van der Waals surface area (Å²) in [7, 11) is 3.42. The maximum atomic E-state index is 5.26. The first kappa shape index (κ1) is 13.9. The highest BCUT2D eigenvalue weighted by Crippen LogP contribution is 2.03. The van der Waals surface area contributed by atoms with E-state index >= 15 is 0 Å². The highest BCUT2D eigenvalue weighted by molar-refractivity contribution is 4.67. The molecule has 3 heteroatoms.